The molecule has 1 saturated heterocycles. The summed E-state index contributed by atoms with van der Waals surface area (Å²) < 4.78 is 1.39. The molecule has 11 heteroatoms. The number of nitrogens with two attached hydrogens (primary N) is 1. The summed E-state index contributed by atoms with van der Waals surface area (Å²) in [4.78, 5) is 33.8. The second-order valence-electron chi connectivity index (χ2n) is 6.70. The number of nitrogens with one attached hydrogen (secondary N) is 1. The number of amides is 2. The molecule has 1 aliphatic heterocycles. The van der Waals surface area contributed by atoms with Crippen molar-refractivity contribution in [3.63, 3.8) is 0 Å². The first-order chi connectivity index (χ1) is 12.9. The van der Waals surface area contributed by atoms with Crippen LogP contribution < -0.4 is 16.0 Å². The summed E-state index contributed by atoms with van der Waals surface area (Å²) in [5, 5.41) is 16.5. The van der Waals surface area contributed by atoms with Crippen molar-refractivity contribution in [2.45, 2.75) is 26.8 Å². The van der Waals surface area contributed by atoms with Crippen LogP contribution in [0.15, 0.2) is 24.7 Å². The number of halogens is 1. The zero-order chi connectivity index (χ0) is 19.6. The van der Waals surface area contributed by atoms with Gasteiger partial charge in [0.05, 0.1) is 18.0 Å². The van der Waals surface area contributed by atoms with E-state index in [1.807, 2.05) is 13.8 Å². The zero-order valence-corrected chi connectivity index (χ0v) is 16.3. The van der Waals surface area contributed by atoms with Crippen LogP contribution in [-0.4, -0.2) is 38.1 Å². The van der Waals surface area contributed by atoms with Gasteiger partial charge in [0.15, 0.2) is 0 Å². The molecule has 0 radical (unpaired) electrons. The summed E-state index contributed by atoms with van der Waals surface area (Å²) in [7, 11) is 0. The van der Waals surface area contributed by atoms with Crippen LogP contribution in [0.1, 0.15) is 20.3 Å². The third kappa shape index (κ3) is 3.89. The van der Waals surface area contributed by atoms with E-state index in [4.69, 9.17) is 5.73 Å². The Balaban J connectivity index is 0.00000280. The average Bonchev–Trinajstić information content (AvgIpc) is 3.19. The summed E-state index contributed by atoms with van der Waals surface area (Å²) in [5.74, 6) is -0.117. The summed E-state index contributed by atoms with van der Waals surface area (Å²) in [6.07, 6.45) is 5.11. The quantitative estimate of drug-likeness (QED) is 0.736. The molecule has 2 amide bonds. The maximum atomic E-state index is 12.8. The molecule has 2 aromatic heterocycles. The SMILES string of the molecule is CC(C)[C@]1(C#N)CCN(c2ccnc(Nc3cnn(CC(N)=O)c3)n2)C1=O.Cl. The average molecular weight is 405 g/mol. The second-order valence-corrected chi connectivity index (χ2v) is 6.70. The first kappa shape index (κ1) is 21.1. The highest BCUT2D eigenvalue weighted by Crippen LogP contribution is 2.40. The number of nitriles is 1. The number of hydrogen-bond acceptors (Lipinski definition) is 7. The molecule has 0 spiro atoms. The first-order valence-corrected chi connectivity index (χ1v) is 8.50. The predicted molar refractivity (Wildman–Crippen MR) is 104 cm³/mol. The van der Waals surface area contributed by atoms with E-state index in [1.165, 1.54) is 22.0 Å². The van der Waals surface area contributed by atoms with Gasteiger partial charge in [-0.2, -0.15) is 15.3 Å². The third-order valence-corrected chi connectivity index (χ3v) is 4.67. The Bertz CT molecular complexity index is 922. The van der Waals surface area contributed by atoms with Crippen LogP contribution in [0.25, 0.3) is 0 Å². The number of anilines is 3. The van der Waals surface area contributed by atoms with Gasteiger partial charge in [-0.1, -0.05) is 13.8 Å². The maximum Gasteiger partial charge on any atom is 0.248 e. The largest absolute Gasteiger partial charge is 0.368 e. The van der Waals surface area contributed by atoms with Crippen LogP contribution in [0.3, 0.4) is 0 Å². The van der Waals surface area contributed by atoms with E-state index in [9.17, 15) is 14.9 Å². The highest BCUT2D eigenvalue weighted by atomic mass is 35.5. The Morgan fingerprint density at radius 3 is 2.86 bits per heavy atom. The highest BCUT2D eigenvalue weighted by Gasteiger charge is 2.50. The molecule has 148 valence electrons. The van der Waals surface area contributed by atoms with Gasteiger partial charge in [0.2, 0.25) is 17.8 Å². The Morgan fingerprint density at radius 1 is 1.50 bits per heavy atom. The van der Waals surface area contributed by atoms with Crippen molar-refractivity contribution in [1.29, 1.82) is 5.26 Å². The summed E-state index contributed by atoms with van der Waals surface area (Å²) in [6.45, 7) is 4.15. The van der Waals surface area contributed by atoms with Gasteiger partial charge in [0.25, 0.3) is 0 Å². The van der Waals surface area contributed by atoms with Crippen LogP contribution in [0.4, 0.5) is 17.5 Å². The molecular weight excluding hydrogens is 384 g/mol. The molecule has 1 atom stereocenters. The minimum absolute atomic E-state index is 0. The molecule has 28 heavy (non-hydrogen) atoms. The topological polar surface area (TPSA) is 143 Å². The van der Waals surface area contributed by atoms with Gasteiger partial charge in [0, 0.05) is 18.9 Å². The number of aromatic nitrogens is 4. The lowest BCUT2D eigenvalue weighted by atomic mass is 9.77. The third-order valence-electron chi connectivity index (χ3n) is 4.67. The molecule has 1 fully saturated rings. The van der Waals surface area contributed by atoms with E-state index in [0.717, 1.165) is 0 Å². The molecule has 1 aliphatic rings. The number of carbonyl (C=O) groups excluding carboxylic acids is 2. The number of nitrogens with zero attached hydrogens (tertiary/aromatic N) is 6. The maximum absolute atomic E-state index is 12.8. The van der Waals surface area contributed by atoms with E-state index < -0.39 is 11.3 Å². The lowest BCUT2D eigenvalue weighted by Gasteiger charge is -2.24. The Morgan fingerprint density at radius 2 is 2.25 bits per heavy atom. The minimum Gasteiger partial charge on any atom is -0.368 e. The van der Waals surface area contributed by atoms with Crippen molar-refractivity contribution >= 4 is 41.7 Å². The molecule has 0 saturated carbocycles. The summed E-state index contributed by atoms with van der Waals surface area (Å²) in [6, 6.07) is 3.83. The number of rotatable bonds is 6. The van der Waals surface area contributed by atoms with Crippen LogP contribution in [-0.2, 0) is 16.1 Å². The van der Waals surface area contributed by atoms with Crippen LogP contribution in [0, 0.1) is 22.7 Å². The van der Waals surface area contributed by atoms with Gasteiger partial charge in [0.1, 0.15) is 17.8 Å². The van der Waals surface area contributed by atoms with Crippen LogP contribution >= 0.6 is 12.4 Å². The normalized spacial score (nSPS) is 18.6. The van der Waals surface area contributed by atoms with E-state index in [0.29, 0.717) is 24.5 Å². The van der Waals surface area contributed by atoms with Crippen molar-refractivity contribution in [2.24, 2.45) is 17.1 Å². The predicted octanol–water partition coefficient (Wildman–Crippen LogP) is 1.23. The molecule has 3 heterocycles. The Hall–Kier alpha value is -3.19. The Kier molecular flexibility index (Phi) is 6.20. The standard InChI is InChI=1S/C17H20N8O2.ClH/c1-11(2)17(10-18)4-6-25(15(17)27)14-3-5-20-16(23-14)22-12-7-21-24(8-12)9-13(19)26;/h3,5,7-8,11H,4,6,9H2,1-2H3,(H2,19,26)(H,20,22,23);1H/t17-;/m1./s1. The lowest BCUT2D eigenvalue weighted by Crippen LogP contribution is -2.37. The minimum atomic E-state index is -1.02. The molecule has 3 rings (SSSR count). The van der Waals surface area contributed by atoms with Crippen molar-refractivity contribution in [2.75, 3.05) is 16.8 Å². The first-order valence-electron chi connectivity index (χ1n) is 8.50. The Labute approximate surface area is 168 Å². The highest BCUT2D eigenvalue weighted by molar-refractivity contribution is 6.01. The van der Waals surface area contributed by atoms with Gasteiger partial charge < -0.3 is 11.1 Å². The fourth-order valence-corrected chi connectivity index (χ4v) is 3.09. The van der Waals surface area contributed by atoms with E-state index in [-0.39, 0.29) is 36.7 Å². The summed E-state index contributed by atoms with van der Waals surface area (Å²) in [5.41, 5.74) is 4.70. The fraction of sp³-hybridized carbons (Fsp3) is 0.412. The van der Waals surface area contributed by atoms with Gasteiger partial charge in [-0.25, -0.2) is 4.98 Å². The van der Waals surface area contributed by atoms with Crippen molar-refractivity contribution in [3.05, 3.63) is 24.7 Å². The van der Waals surface area contributed by atoms with Crippen LogP contribution in [0.2, 0.25) is 0 Å². The van der Waals surface area contributed by atoms with E-state index in [1.54, 1.807) is 12.3 Å². The molecule has 3 N–H and O–H groups in total. The van der Waals surface area contributed by atoms with Gasteiger partial charge >= 0.3 is 0 Å². The van der Waals surface area contributed by atoms with Gasteiger partial charge in [-0.3, -0.25) is 19.2 Å². The van der Waals surface area contributed by atoms with Gasteiger partial charge in [-0.05, 0) is 18.4 Å². The van der Waals surface area contributed by atoms with Crippen molar-refractivity contribution < 1.29 is 9.59 Å². The summed E-state index contributed by atoms with van der Waals surface area (Å²) >= 11 is 0. The fourth-order valence-electron chi connectivity index (χ4n) is 3.09. The molecule has 10 nitrogen and oxygen atoms in total. The molecule has 0 bridgehead atoms. The molecular formula is C17H21ClN8O2. The van der Waals surface area contributed by atoms with Crippen molar-refractivity contribution in [3.8, 4) is 6.07 Å². The lowest BCUT2D eigenvalue weighted by molar-refractivity contribution is -0.124. The number of carbonyl (C=O) groups is 2. The molecule has 0 unspecified atom stereocenters. The zero-order valence-electron chi connectivity index (χ0n) is 15.5. The smallest absolute Gasteiger partial charge is 0.248 e. The molecule has 2 aromatic rings. The van der Waals surface area contributed by atoms with Crippen molar-refractivity contribution in [1.82, 2.24) is 19.7 Å². The van der Waals surface area contributed by atoms with E-state index in [2.05, 4.69) is 26.5 Å². The molecule has 0 aliphatic carbocycles. The number of primary amides is 1. The van der Waals surface area contributed by atoms with Gasteiger partial charge in [-0.15, -0.1) is 12.4 Å². The van der Waals surface area contributed by atoms with E-state index >= 15 is 0 Å². The monoisotopic (exact) mass is 404 g/mol. The molecule has 0 aromatic carbocycles. The van der Waals surface area contributed by atoms with Crippen LogP contribution in [0.5, 0.6) is 0 Å². The second kappa shape index (κ2) is 8.22. The number of hydrogen-bond donors (Lipinski definition) is 2.